The lowest BCUT2D eigenvalue weighted by atomic mass is 10.3. The highest BCUT2D eigenvalue weighted by atomic mass is 32.2. The quantitative estimate of drug-likeness (QED) is 0.800. The predicted molar refractivity (Wildman–Crippen MR) is 78.5 cm³/mol. The molecular formula is C13H14N2O4S2. The van der Waals surface area contributed by atoms with Crippen LogP contribution in [0.25, 0.3) is 10.3 Å². The molecule has 0 amide bonds. The Morgan fingerprint density at radius 1 is 1.43 bits per heavy atom. The average Bonchev–Trinajstić information content (AvgIpc) is 3.24. The molecule has 0 atom stereocenters. The van der Waals surface area contributed by atoms with Crippen LogP contribution in [-0.4, -0.2) is 37.2 Å². The fourth-order valence-electron chi connectivity index (χ4n) is 2.00. The van der Waals surface area contributed by atoms with Gasteiger partial charge in [-0.15, -0.1) is 11.3 Å². The molecule has 8 heteroatoms. The van der Waals surface area contributed by atoms with E-state index >= 15 is 0 Å². The molecular weight excluding hydrogens is 312 g/mol. The molecule has 21 heavy (non-hydrogen) atoms. The summed E-state index contributed by atoms with van der Waals surface area (Å²) < 4.78 is 29.7. The molecule has 0 aromatic carbocycles. The number of esters is 1. The highest BCUT2D eigenvalue weighted by Crippen LogP contribution is 2.43. The van der Waals surface area contributed by atoms with E-state index in [0.717, 1.165) is 17.8 Å². The SMILES string of the molecule is CCS(=O)(=O)c1cc2sc(C3CC3)nc2nc1C(=O)OC. The second-order valence-electron chi connectivity index (χ2n) is 4.88. The zero-order chi connectivity index (χ0) is 15.2. The van der Waals surface area contributed by atoms with Crippen molar-refractivity contribution in [1.82, 2.24) is 9.97 Å². The number of nitrogens with zero attached hydrogens (tertiary/aromatic N) is 2. The van der Waals surface area contributed by atoms with Crippen molar-refractivity contribution >= 4 is 37.5 Å². The molecule has 2 heterocycles. The topological polar surface area (TPSA) is 86.2 Å². The third-order valence-electron chi connectivity index (χ3n) is 3.38. The molecule has 2 aromatic heterocycles. The Hall–Kier alpha value is -1.54. The summed E-state index contributed by atoms with van der Waals surface area (Å²) in [4.78, 5) is 20.3. The second kappa shape index (κ2) is 5.03. The first kappa shape index (κ1) is 14.4. The van der Waals surface area contributed by atoms with E-state index in [4.69, 9.17) is 0 Å². The lowest BCUT2D eigenvalue weighted by molar-refractivity contribution is 0.0589. The summed E-state index contributed by atoms with van der Waals surface area (Å²) in [6, 6.07) is 1.50. The van der Waals surface area contributed by atoms with Crippen LogP contribution in [0.2, 0.25) is 0 Å². The van der Waals surface area contributed by atoms with E-state index < -0.39 is 15.8 Å². The highest BCUT2D eigenvalue weighted by molar-refractivity contribution is 7.91. The van der Waals surface area contributed by atoms with E-state index in [1.54, 1.807) is 0 Å². The van der Waals surface area contributed by atoms with Gasteiger partial charge in [0.2, 0.25) is 0 Å². The Morgan fingerprint density at radius 2 is 2.14 bits per heavy atom. The molecule has 1 aliphatic rings. The number of thiazole rings is 1. The van der Waals surface area contributed by atoms with E-state index in [0.29, 0.717) is 16.3 Å². The fraction of sp³-hybridized carbons (Fsp3) is 0.462. The maximum absolute atomic E-state index is 12.2. The van der Waals surface area contributed by atoms with Crippen molar-refractivity contribution in [2.75, 3.05) is 12.9 Å². The molecule has 1 saturated carbocycles. The molecule has 0 saturated heterocycles. The number of carbonyl (C=O) groups excluding carboxylic acids is 1. The van der Waals surface area contributed by atoms with Crippen LogP contribution in [0.3, 0.4) is 0 Å². The summed E-state index contributed by atoms with van der Waals surface area (Å²) in [5.74, 6) is -0.403. The van der Waals surface area contributed by atoms with Crippen molar-refractivity contribution in [2.24, 2.45) is 0 Å². The second-order valence-corrected chi connectivity index (χ2v) is 8.19. The molecule has 1 fully saturated rings. The van der Waals surface area contributed by atoms with Crippen molar-refractivity contribution < 1.29 is 17.9 Å². The van der Waals surface area contributed by atoms with Crippen LogP contribution >= 0.6 is 11.3 Å². The van der Waals surface area contributed by atoms with Gasteiger partial charge in [-0.05, 0) is 18.9 Å². The summed E-state index contributed by atoms with van der Waals surface area (Å²) in [7, 11) is -2.35. The number of fused-ring (bicyclic) bond motifs is 1. The number of sulfone groups is 1. The van der Waals surface area contributed by atoms with E-state index in [1.165, 1.54) is 31.4 Å². The smallest absolute Gasteiger partial charge is 0.358 e. The third kappa shape index (κ3) is 2.53. The van der Waals surface area contributed by atoms with Gasteiger partial charge >= 0.3 is 5.97 Å². The van der Waals surface area contributed by atoms with Crippen LogP contribution in [0.1, 0.15) is 41.2 Å². The maximum Gasteiger partial charge on any atom is 0.358 e. The van der Waals surface area contributed by atoms with Gasteiger partial charge in [0, 0.05) is 5.92 Å². The van der Waals surface area contributed by atoms with Crippen LogP contribution in [0, 0.1) is 0 Å². The number of hydrogen-bond donors (Lipinski definition) is 0. The van der Waals surface area contributed by atoms with Gasteiger partial charge in [-0.25, -0.2) is 23.2 Å². The molecule has 0 N–H and O–H groups in total. The molecule has 112 valence electrons. The molecule has 0 radical (unpaired) electrons. The number of aromatic nitrogens is 2. The van der Waals surface area contributed by atoms with E-state index in [9.17, 15) is 13.2 Å². The van der Waals surface area contributed by atoms with E-state index in [1.807, 2.05) is 0 Å². The summed E-state index contributed by atoms with van der Waals surface area (Å²) >= 11 is 1.45. The van der Waals surface area contributed by atoms with Gasteiger partial charge in [0.25, 0.3) is 0 Å². The van der Waals surface area contributed by atoms with Crippen LogP contribution in [0.5, 0.6) is 0 Å². The van der Waals surface area contributed by atoms with Crippen molar-refractivity contribution in [3.05, 3.63) is 16.8 Å². The first-order valence-electron chi connectivity index (χ1n) is 6.58. The molecule has 1 aliphatic carbocycles. The Morgan fingerprint density at radius 3 is 2.71 bits per heavy atom. The summed E-state index contributed by atoms with van der Waals surface area (Å²) in [6.07, 6.45) is 2.20. The van der Waals surface area contributed by atoms with Crippen LogP contribution in [-0.2, 0) is 14.6 Å². The van der Waals surface area contributed by atoms with E-state index in [2.05, 4.69) is 14.7 Å². The Labute approximate surface area is 126 Å². The number of ether oxygens (including phenoxy) is 1. The molecule has 0 aliphatic heterocycles. The number of carbonyl (C=O) groups is 1. The Kier molecular flexibility index (Phi) is 3.45. The lowest BCUT2D eigenvalue weighted by Crippen LogP contribution is -2.14. The molecule has 0 bridgehead atoms. The van der Waals surface area contributed by atoms with Gasteiger partial charge in [-0.1, -0.05) is 6.92 Å². The predicted octanol–water partition coefficient (Wildman–Crippen LogP) is 2.15. The van der Waals surface area contributed by atoms with Gasteiger partial charge in [-0.2, -0.15) is 0 Å². The molecule has 6 nitrogen and oxygen atoms in total. The minimum atomic E-state index is -3.56. The zero-order valence-corrected chi connectivity index (χ0v) is 13.3. The minimum Gasteiger partial charge on any atom is -0.464 e. The average molecular weight is 326 g/mol. The van der Waals surface area contributed by atoms with Gasteiger partial charge in [0.15, 0.2) is 21.2 Å². The van der Waals surface area contributed by atoms with Crippen molar-refractivity contribution in [2.45, 2.75) is 30.6 Å². The number of methoxy groups -OCH3 is 1. The summed E-state index contributed by atoms with van der Waals surface area (Å²) in [6.45, 7) is 1.53. The molecule has 0 spiro atoms. The zero-order valence-electron chi connectivity index (χ0n) is 11.6. The first-order chi connectivity index (χ1) is 9.96. The van der Waals surface area contributed by atoms with Crippen LogP contribution < -0.4 is 0 Å². The monoisotopic (exact) mass is 326 g/mol. The van der Waals surface area contributed by atoms with Crippen molar-refractivity contribution in [3.63, 3.8) is 0 Å². The highest BCUT2D eigenvalue weighted by Gasteiger charge is 2.29. The van der Waals surface area contributed by atoms with Crippen molar-refractivity contribution in [1.29, 1.82) is 0 Å². The van der Waals surface area contributed by atoms with E-state index in [-0.39, 0.29) is 16.3 Å². The first-order valence-corrected chi connectivity index (χ1v) is 9.05. The largest absolute Gasteiger partial charge is 0.464 e. The summed E-state index contributed by atoms with van der Waals surface area (Å²) in [5, 5.41) is 0.958. The molecule has 0 unspecified atom stereocenters. The maximum atomic E-state index is 12.2. The molecule has 2 aromatic rings. The van der Waals surface area contributed by atoms with Gasteiger partial charge in [0.05, 0.1) is 22.6 Å². The van der Waals surface area contributed by atoms with Gasteiger partial charge < -0.3 is 4.74 Å². The van der Waals surface area contributed by atoms with Crippen LogP contribution in [0.4, 0.5) is 0 Å². The van der Waals surface area contributed by atoms with Gasteiger partial charge in [0.1, 0.15) is 4.90 Å². The lowest BCUT2D eigenvalue weighted by Gasteiger charge is -2.06. The normalized spacial score (nSPS) is 15.3. The summed E-state index contributed by atoms with van der Waals surface area (Å²) in [5.41, 5.74) is 0.233. The number of pyridine rings is 1. The standard InChI is InChI=1S/C13H14N2O4S2/c1-3-21(17,18)9-6-8-11(14-10(9)13(16)19-2)15-12(20-8)7-4-5-7/h6-7H,3-5H2,1-2H3. The van der Waals surface area contributed by atoms with Gasteiger partial charge in [-0.3, -0.25) is 0 Å². The Balaban J connectivity index is 2.24. The molecule has 3 rings (SSSR count). The van der Waals surface area contributed by atoms with Crippen LogP contribution in [0.15, 0.2) is 11.0 Å². The third-order valence-corrected chi connectivity index (χ3v) is 6.28. The Bertz CT molecular complexity index is 822. The minimum absolute atomic E-state index is 0.0738. The number of rotatable bonds is 4. The number of hydrogen-bond acceptors (Lipinski definition) is 7. The fourth-order valence-corrected chi connectivity index (χ4v) is 4.23. The van der Waals surface area contributed by atoms with Crippen molar-refractivity contribution in [3.8, 4) is 0 Å².